The minimum absolute atomic E-state index is 0.127. The second-order valence-electron chi connectivity index (χ2n) is 1.51. The molecule has 0 aliphatic rings. The van der Waals surface area contributed by atoms with E-state index in [9.17, 15) is 9.59 Å². The van der Waals surface area contributed by atoms with Crippen molar-refractivity contribution in [2.24, 2.45) is 5.84 Å². The molecule has 0 atom stereocenters. The summed E-state index contributed by atoms with van der Waals surface area (Å²) in [6.07, 6.45) is 0. The van der Waals surface area contributed by atoms with Crippen LogP contribution in [0, 0.1) is 0 Å². The molecule has 0 aromatic rings. The number of nitrogens with one attached hydrogen (secondary N) is 1. The molecule has 0 fully saturated rings. The van der Waals surface area contributed by atoms with Gasteiger partial charge in [0.15, 0.2) is 5.78 Å². The topological polar surface area (TPSA) is 72.2 Å². The first-order chi connectivity index (χ1) is 4.09. The Morgan fingerprint density at radius 3 is 2.11 bits per heavy atom. The van der Waals surface area contributed by atoms with Crippen LogP contribution in [0.1, 0.15) is 6.92 Å². The first kappa shape index (κ1) is 7.84. The molecule has 0 radical (unpaired) electrons. The quantitative estimate of drug-likeness (QED) is 0.127. The summed E-state index contributed by atoms with van der Waals surface area (Å²) in [6.45, 7) is 4.43. The number of carbonyl (C=O) groups is 2. The summed E-state index contributed by atoms with van der Waals surface area (Å²) < 4.78 is 0. The van der Waals surface area contributed by atoms with Gasteiger partial charge in [0.05, 0.1) is 5.57 Å². The second kappa shape index (κ2) is 2.99. The Kier molecular flexibility index (Phi) is 2.60. The lowest BCUT2D eigenvalue weighted by Gasteiger charge is -1.95. The molecule has 0 spiro atoms. The van der Waals surface area contributed by atoms with E-state index in [0.717, 1.165) is 0 Å². The van der Waals surface area contributed by atoms with Crippen LogP contribution < -0.4 is 11.3 Å². The van der Waals surface area contributed by atoms with E-state index < -0.39 is 5.91 Å². The standard InChI is InChI=1S/C5H8N2O2/c1-3(4(2)8)5(9)7-6/h1,6H2,2H3,(H,7,9). The molecular weight excluding hydrogens is 120 g/mol. The lowest BCUT2D eigenvalue weighted by molar-refractivity contribution is -0.121. The number of Topliss-reactive ketones (excluding diaryl/α,β-unsaturated/α-hetero) is 1. The van der Waals surface area contributed by atoms with Crippen molar-refractivity contribution in [3.05, 3.63) is 12.2 Å². The number of hydrogen-bond donors (Lipinski definition) is 2. The van der Waals surface area contributed by atoms with Gasteiger partial charge in [-0.2, -0.15) is 0 Å². The molecule has 0 heterocycles. The molecule has 3 N–H and O–H groups in total. The highest BCUT2D eigenvalue weighted by molar-refractivity contribution is 6.17. The first-order valence-electron chi connectivity index (χ1n) is 2.30. The van der Waals surface area contributed by atoms with Gasteiger partial charge in [0.2, 0.25) is 0 Å². The normalized spacial score (nSPS) is 8.22. The molecule has 0 aliphatic carbocycles. The lowest BCUT2D eigenvalue weighted by atomic mass is 10.2. The van der Waals surface area contributed by atoms with E-state index in [1.165, 1.54) is 6.92 Å². The van der Waals surface area contributed by atoms with Gasteiger partial charge in [0, 0.05) is 0 Å². The minimum atomic E-state index is -0.637. The predicted molar refractivity (Wildman–Crippen MR) is 32.2 cm³/mol. The molecule has 0 aromatic heterocycles. The first-order valence-corrected chi connectivity index (χ1v) is 2.30. The fourth-order valence-electron chi connectivity index (χ4n) is 0.247. The molecule has 0 rings (SSSR count). The van der Waals surface area contributed by atoms with Crippen LogP contribution in [0.5, 0.6) is 0 Å². The summed E-state index contributed by atoms with van der Waals surface area (Å²) in [5.74, 6) is 3.68. The Labute approximate surface area is 52.7 Å². The van der Waals surface area contributed by atoms with Gasteiger partial charge in [-0.05, 0) is 6.92 Å². The zero-order valence-electron chi connectivity index (χ0n) is 5.10. The van der Waals surface area contributed by atoms with Gasteiger partial charge in [-0.15, -0.1) is 0 Å². The van der Waals surface area contributed by atoms with Gasteiger partial charge in [-0.3, -0.25) is 15.0 Å². The SMILES string of the molecule is C=C(C(C)=O)C(=O)NN. The van der Waals surface area contributed by atoms with Crippen molar-refractivity contribution in [1.82, 2.24) is 5.43 Å². The summed E-state index contributed by atoms with van der Waals surface area (Å²) >= 11 is 0. The van der Waals surface area contributed by atoms with Crippen LogP contribution in [0.2, 0.25) is 0 Å². The number of hydrogen-bond acceptors (Lipinski definition) is 3. The van der Waals surface area contributed by atoms with Crippen molar-refractivity contribution in [2.45, 2.75) is 6.92 Å². The van der Waals surface area contributed by atoms with Crippen LogP contribution in [0.4, 0.5) is 0 Å². The summed E-state index contributed by atoms with van der Waals surface area (Å²) in [4.78, 5) is 20.7. The molecular formula is C5H8N2O2. The molecule has 50 valence electrons. The number of nitrogens with two attached hydrogens (primary N) is 1. The van der Waals surface area contributed by atoms with Crippen LogP contribution >= 0.6 is 0 Å². The number of carbonyl (C=O) groups excluding carboxylic acids is 2. The van der Waals surface area contributed by atoms with E-state index >= 15 is 0 Å². The van der Waals surface area contributed by atoms with Gasteiger partial charge in [-0.25, -0.2) is 5.84 Å². The highest BCUT2D eigenvalue weighted by atomic mass is 16.2. The van der Waals surface area contributed by atoms with E-state index in [4.69, 9.17) is 5.84 Å². The molecule has 9 heavy (non-hydrogen) atoms. The van der Waals surface area contributed by atoms with E-state index in [0.29, 0.717) is 0 Å². The van der Waals surface area contributed by atoms with Crippen molar-refractivity contribution in [1.29, 1.82) is 0 Å². The third-order valence-electron chi connectivity index (χ3n) is 0.830. The Balaban J connectivity index is 4.05. The average molecular weight is 128 g/mol. The lowest BCUT2D eigenvalue weighted by Crippen LogP contribution is -2.32. The zero-order chi connectivity index (χ0) is 7.44. The summed E-state index contributed by atoms with van der Waals surface area (Å²) in [7, 11) is 0. The van der Waals surface area contributed by atoms with Gasteiger partial charge in [0.25, 0.3) is 5.91 Å². The van der Waals surface area contributed by atoms with E-state index in [1.54, 1.807) is 5.43 Å². The van der Waals surface area contributed by atoms with Crippen molar-refractivity contribution in [3.63, 3.8) is 0 Å². The van der Waals surface area contributed by atoms with Gasteiger partial charge >= 0.3 is 0 Å². The number of ketones is 1. The van der Waals surface area contributed by atoms with Crippen molar-refractivity contribution in [3.8, 4) is 0 Å². The zero-order valence-corrected chi connectivity index (χ0v) is 5.10. The minimum Gasteiger partial charge on any atom is -0.294 e. The maximum Gasteiger partial charge on any atom is 0.268 e. The van der Waals surface area contributed by atoms with Crippen molar-refractivity contribution in [2.75, 3.05) is 0 Å². The second-order valence-corrected chi connectivity index (χ2v) is 1.51. The summed E-state index contributed by atoms with van der Waals surface area (Å²) in [6, 6.07) is 0. The van der Waals surface area contributed by atoms with Gasteiger partial charge < -0.3 is 0 Å². The Hall–Kier alpha value is -1.16. The highest BCUT2D eigenvalue weighted by Crippen LogP contribution is 1.88. The number of amides is 1. The van der Waals surface area contributed by atoms with Crippen LogP contribution in [0.15, 0.2) is 12.2 Å². The van der Waals surface area contributed by atoms with E-state index in [1.807, 2.05) is 0 Å². The number of rotatable bonds is 2. The van der Waals surface area contributed by atoms with Gasteiger partial charge in [0.1, 0.15) is 0 Å². The fraction of sp³-hybridized carbons (Fsp3) is 0.200. The Morgan fingerprint density at radius 1 is 1.56 bits per heavy atom. The van der Waals surface area contributed by atoms with Gasteiger partial charge in [-0.1, -0.05) is 6.58 Å². The van der Waals surface area contributed by atoms with Crippen molar-refractivity contribution < 1.29 is 9.59 Å². The molecule has 0 unspecified atom stereocenters. The fourth-order valence-corrected chi connectivity index (χ4v) is 0.247. The van der Waals surface area contributed by atoms with Crippen LogP contribution in [0.3, 0.4) is 0 Å². The maximum absolute atomic E-state index is 10.4. The maximum atomic E-state index is 10.4. The van der Waals surface area contributed by atoms with Crippen LogP contribution in [-0.4, -0.2) is 11.7 Å². The Bertz CT molecular complexity index is 162. The van der Waals surface area contributed by atoms with Crippen LogP contribution in [0.25, 0.3) is 0 Å². The average Bonchev–Trinajstić information content (AvgIpc) is 1.84. The Morgan fingerprint density at radius 2 is 2.00 bits per heavy atom. The smallest absolute Gasteiger partial charge is 0.268 e. The third kappa shape index (κ3) is 2.05. The highest BCUT2D eigenvalue weighted by Gasteiger charge is 2.07. The summed E-state index contributed by atoms with van der Waals surface area (Å²) in [5, 5.41) is 0. The monoisotopic (exact) mass is 128 g/mol. The van der Waals surface area contributed by atoms with E-state index in [-0.39, 0.29) is 11.4 Å². The third-order valence-corrected chi connectivity index (χ3v) is 0.830. The largest absolute Gasteiger partial charge is 0.294 e. The van der Waals surface area contributed by atoms with E-state index in [2.05, 4.69) is 6.58 Å². The molecule has 0 bridgehead atoms. The molecule has 0 aromatic carbocycles. The molecule has 0 saturated carbocycles. The molecule has 0 aliphatic heterocycles. The molecule has 0 saturated heterocycles. The molecule has 4 nitrogen and oxygen atoms in total. The number of hydrazine groups is 1. The van der Waals surface area contributed by atoms with Crippen LogP contribution in [-0.2, 0) is 9.59 Å². The summed E-state index contributed by atoms with van der Waals surface area (Å²) in [5.41, 5.74) is 1.66. The molecule has 4 heteroatoms. The molecule has 1 amide bonds. The van der Waals surface area contributed by atoms with Crippen molar-refractivity contribution >= 4 is 11.7 Å². The predicted octanol–water partition coefficient (Wildman–Crippen LogP) is -0.878.